The van der Waals surface area contributed by atoms with Crippen molar-refractivity contribution in [3.63, 3.8) is 0 Å². The first-order valence-corrected chi connectivity index (χ1v) is 6.18. The highest BCUT2D eigenvalue weighted by Crippen LogP contribution is 1.99. The van der Waals surface area contributed by atoms with Crippen molar-refractivity contribution in [2.45, 2.75) is 19.5 Å². The molecule has 2 aromatic rings. The number of nitrogens with zero attached hydrogens (tertiary/aromatic N) is 3. The first-order valence-electron chi connectivity index (χ1n) is 6.18. The van der Waals surface area contributed by atoms with E-state index in [1.165, 1.54) is 0 Å². The van der Waals surface area contributed by atoms with E-state index in [-0.39, 0.29) is 5.91 Å². The van der Waals surface area contributed by atoms with Crippen molar-refractivity contribution < 1.29 is 4.79 Å². The number of amides is 1. The van der Waals surface area contributed by atoms with Gasteiger partial charge in [-0.3, -0.25) is 9.78 Å². The van der Waals surface area contributed by atoms with Crippen LogP contribution in [-0.2, 0) is 13.1 Å². The van der Waals surface area contributed by atoms with Gasteiger partial charge in [0.2, 0.25) is 0 Å². The maximum atomic E-state index is 11.8. The molecule has 0 saturated heterocycles. The number of hydrogen-bond acceptors (Lipinski definition) is 4. The van der Waals surface area contributed by atoms with Gasteiger partial charge in [0.1, 0.15) is 5.69 Å². The minimum atomic E-state index is -0.158. The van der Waals surface area contributed by atoms with Crippen molar-refractivity contribution in [3.05, 3.63) is 48.3 Å². The molecule has 0 fully saturated rings. The normalized spacial score (nSPS) is 10.4. The standard InChI is InChI=1S/C13H17N5O/c14-8-11-2-3-12(17-9-11)13(19)16-4-1-6-18-7-5-15-10-18/h2-3,5,7,9-10H,1,4,6,8,14H2,(H,16,19). The van der Waals surface area contributed by atoms with E-state index < -0.39 is 0 Å². The lowest BCUT2D eigenvalue weighted by Gasteiger charge is -2.05. The van der Waals surface area contributed by atoms with Crippen LogP contribution in [0.5, 0.6) is 0 Å². The third-order valence-corrected chi connectivity index (χ3v) is 2.73. The van der Waals surface area contributed by atoms with E-state index in [0.717, 1.165) is 18.5 Å². The molecule has 0 aliphatic heterocycles. The molecule has 3 N–H and O–H groups in total. The molecule has 0 unspecified atom stereocenters. The lowest BCUT2D eigenvalue weighted by molar-refractivity contribution is 0.0948. The SMILES string of the molecule is NCc1ccc(C(=O)NCCCn2ccnc2)nc1. The summed E-state index contributed by atoms with van der Waals surface area (Å²) in [5.74, 6) is -0.158. The van der Waals surface area contributed by atoms with Gasteiger partial charge in [-0.15, -0.1) is 0 Å². The van der Waals surface area contributed by atoms with Gasteiger partial charge < -0.3 is 15.6 Å². The largest absolute Gasteiger partial charge is 0.351 e. The second-order valence-corrected chi connectivity index (χ2v) is 4.17. The molecule has 19 heavy (non-hydrogen) atoms. The minimum absolute atomic E-state index is 0.158. The number of imidazole rings is 1. The first kappa shape index (κ1) is 13.2. The van der Waals surface area contributed by atoms with Crippen molar-refractivity contribution in [2.24, 2.45) is 5.73 Å². The van der Waals surface area contributed by atoms with Crippen LogP contribution in [0, 0.1) is 0 Å². The van der Waals surface area contributed by atoms with E-state index in [4.69, 9.17) is 5.73 Å². The van der Waals surface area contributed by atoms with E-state index in [2.05, 4.69) is 15.3 Å². The molecular formula is C13H17N5O. The van der Waals surface area contributed by atoms with E-state index in [1.54, 1.807) is 24.8 Å². The second-order valence-electron chi connectivity index (χ2n) is 4.17. The van der Waals surface area contributed by atoms with Crippen molar-refractivity contribution >= 4 is 5.91 Å². The van der Waals surface area contributed by atoms with E-state index >= 15 is 0 Å². The Kier molecular flexibility index (Phi) is 4.63. The number of carbonyl (C=O) groups is 1. The van der Waals surface area contributed by atoms with Crippen molar-refractivity contribution in [1.82, 2.24) is 19.9 Å². The van der Waals surface area contributed by atoms with E-state index in [1.807, 2.05) is 16.8 Å². The van der Waals surface area contributed by atoms with Crippen LogP contribution in [0.2, 0.25) is 0 Å². The number of nitrogens with two attached hydrogens (primary N) is 1. The van der Waals surface area contributed by atoms with E-state index in [0.29, 0.717) is 18.8 Å². The molecule has 6 heteroatoms. The third-order valence-electron chi connectivity index (χ3n) is 2.73. The summed E-state index contributed by atoms with van der Waals surface area (Å²) in [4.78, 5) is 19.8. The van der Waals surface area contributed by atoms with Gasteiger partial charge in [0.25, 0.3) is 5.91 Å². The molecule has 0 atom stereocenters. The molecule has 2 rings (SSSR count). The Morgan fingerprint density at radius 2 is 2.32 bits per heavy atom. The van der Waals surface area contributed by atoms with Crippen LogP contribution >= 0.6 is 0 Å². The zero-order chi connectivity index (χ0) is 13.5. The zero-order valence-electron chi connectivity index (χ0n) is 10.6. The Hall–Kier alpha value is -2.21. The third kappa shape index (κ3) is 3.89. The van der Waals surface area contributed by atoms with Crippen LogP contribution in [0.25, 0.3) is 0 Å². The topological polar surface area (TPSA) is 85.8 Å². The molecule has 0 radical (unpaired) electrons. The summed E-state index contributed by atoms with van der Waals surface area (Å²) < 4.78 is 1.97. The quantitative estimate of drug-likeness (QED) is 0.742. The molecule has 0 aromatic carbocycles. The molecule has 0 aliphatic carbocycles. The highest BCUT2D eigenvalue weighted by atomic mass is 16.1. The van der Waals surface area contributed by atoms with Crippen molar-refractivity contribution in [1.29, 1.82) is 0 Å². The number of aromatic nitrogens is 3. The predicted molar refractivity (Wildman–Crippen MR) is 71.3 cm³/mol. The number of nitrogens with one attached hydrogen (secondary N) is 1. The number of hydrogen-bond donors (Lipinski definition) is 2. The molecule has 2 heterocycles. The minimum Gasteiger partial charge on any atom is -0.351 e. The van der Waals surface area contributed by atoms with Crippen LogP contribution in [0.15, 0.2) is 37.1 Å². The number of pyridine rings is 1. The van der Waals surface area contributed by atoms with Gasteiger partial charge >= 0.3 is 0 Å². The number of rotatable bonds is 6. The molecular weight excluding hydrogens is 242 g/mol. The molecule has 100 valence electrons. The summed E-state index contributed by atoms with van der Waals surface area (Å²) in [7, 11) is 0. The van der Waals surface area contributed by atoms with Crippen molar-refractivity contribution in [2.75, 3.05) is 6.54 Å². The molecule has 6 nitrogen and oxygen atoms in total. The lowest BCUT2D eigenvalue weighted by atomic mass is 10.2. The predicted octanol–water partition coefficient (Wildman–Crippen LogP) is 0.557. The summed E-state index contributed by atoms with van der Waals surface area (Å²) in [6.45, 7) is 1.87. The Bertz CT molecular complexity index is 506. The summed E-state index contributed by atoms with van der Waals surface area (Å²) in [5.41, 5.74) is 6.80. The first-order chi connectivity index (χ1) is 9.29. The second kappa shape index (κ2) is 6.65. The zero-order valence-corrected chi connectivity index (χ0v) is 10.6. The van der Waals surface area contributed by atoms with Gasteiger partial charge in [-0.25, -0.2) is 4.98 Å². The smallest absolute Gasteiger partial charge is 0.269 e. The fourth-order valence-electron chi connectivity index (χ4n) is 1.65. The highest BCUT2D eigenvalue weighted by Gasteiger charge is 2.05. The van der Waals surface area contributed by atoms with Gasteiger partial charge in [-0.1, -0.05) is 6.07 Å². The number of aryl methyl sites for hydroxylation is 1. The summed E-state index contributed by atoms with van der Waals surface area (Å²) in [6, 6.07) is 3.50. The fourth-order valence-corrected chi connectivity index (χ4v) is 1.65. The van der Waals surface area contributed by atoms with Gasteiger partial charge in [0, 0.05) is 38.2 Å². The summed E-state index contributed by atoms with van der Waals surface area (Å²) in [5, 5.41) is 2.83. The summed E-state index contributed by atoms with van der Waals surface area (Å²) in [6.07, 6.45) is 7.87. The fraction of sp³-hybridized carbons (Fsp3) is 0.308. The maximum absolute atomic E-state index is 11.8. The van der Waals surface area contributed by atoms with Crippen LogP contribution in [-0.4, -0.2) is 27.0 Å². The molecule has 0 saturated carbocycles. The van der Waals surface area contributed by atoms with Crippen LogP contribution in [0.3, 0.4) is 0 Å². The summed E-state index contributed by atoms with van der Waals surface area (Å²) >= 11 is 0. The Morgan fingerprint density at radius 1 is 1.42 bits per heavy atom. The Balaban J connectivity index is 1.74. The van der Waals surface area contributed by atoms with Gasteiger partial charge in [0.15, 0.2) is 0 Å². The van der Waals surface area contributed by atoms with Crippen molar-refractivity contribution in [3.8, 4) is 0 Å². The Morgan fingerprint density at radius 3 is 2.95 bits per heavy atom. The molecule has 0 aliphatic rings. The van der Waals surface area contributed by atoms with Crippen LogP contribution in [0.4, 0.5) is 0 Å². The molecule has 0 spiro atoms. The van der Waals surface area contributed by atoms with Gasteiger partial charge in [-0.2, -0.15) is 0 Å². The highest BCUT2D eigenvalue weighted by molar-refractivity contribution is 5.92. The lowest BCUT2D eigenvalue weighted by Crippen LogP contribution is -2.26. The van der Waals surface area contributed by atoms with E-state index in [9.17, 15) is 4.79 Å². The number of carbonyl (C=O) groups excluding carboxylic acids is 1. The average Bonchev–Trinajstić information content (AvgIpc) is 2.96. The maximum Gasteiger partial charge on any atom is 0.269 e. The molecule has 1 amide bonds. The average molecular weight is 259 g/mol. The van der Waals surface area contributed by atoms with Crippen LogP contribution < -0.4 is 11.1 Å². The Labute approximate surface area is 111 Å². The van der Waals surface area contributed by atoms with Crippen LogP contribution in [0.1, 0.15) is 22.5 Å². The molecule has 2 aromatic heterocycles. The molecule has 0 bridgehead atoms. The monoisotopic (exact) mass is 259 g/mol. The van der Waals surface area contributed by atoms with Gasteiger partial charge in [-0.05, 0) is 18.1 Å². The van der Waals surface area contributed by atoms with Gasteiger partial charge in [0.05, 0.1) is 6.33 Å².